The Balaban J connectivity index is 1.51. The second-order valence-electron chi connectivity index (χ2n) is 7.87. The molecule has 0 bridgehead atoms. The van der Waals surface area contributed by atoms with Crippen molar-refractivity contribution in [2.24, 2.45) is 11.3 Å². The number of aromatic nitrogens is 1. The van der Waals surface area contributed by atoms with Crippen molar-refractivity contribution < 1.29 is 26.3 Å². The third-order valence-electron chi connectivity index (χ3n) is 5.84. The molecule has 1 N–H and O–H groups in total. The van der Waals surface area contributed by atoms with Gasteiger partial charge in [-0.05, 0) is 30.9 Å². The standard InChI is InChI=1S/C17H21ClF3N3O3S/c18-13-2-1-12(14(23-13)17(19,20)21)28(25,26)15-16(8-22-15)9-24(10-16)7-11-3-5-27-6-4-11/h1-2,11,15,22H,3-10H2. The van der Waals surface area contributed by atoms with Crippen LogP contribution in [0.3, 0.4) is 0 Å². The smallest absolute Gasteiger partial charge is 0.381 e. The monoisotopic (exact) mass is 439 g/mol. The Bertz CT molecular complexity index is 853. The summed E-state index contributed by atoms with van der Waals surface area (Å²) in [4.78, 5) is 4.62. The maximum absolute atomic E-state index is 13.3. The molecule has 3 aliphatic rings. The van der Waals surface area contributed by atoms with Crippen molar-refractivity contribution in [3.8, 4) is 0 Å². The molecule has 0 aromatic carbocycles. The zero-order chi connectivity index (χ0) is 20.2. The van der Waals surface area contributed by atoms with Crippen LogP contribution in [0.2, 0.25) is 5.15 Å². The fourth-order valence-corrected chi connectivity index (χ4v) is 6.72. The first-order chi connectivity index (χ1) is 13.1. The molecule has 1 unspecified atom stereocenters. The van der Waals surface area contributed by atoms with Crippen LogP contribution in [0.5, 0.6) is 0 Å². The number of hydrogen-bond acceptors (Lipinski definition) is 6. The van der Waals surface area contributed by atoms with E-state index in [2.05, 4.69) is 15.2 Å². The summed E-state index contributed by atoms with van der Waals surface area (Å²) >= 11 is 5.57. The number of hydrogen-bond donors (Lipinski definition) is 1. The number of nitrogens with one attached hydrogen (secondary N) is 1. The molecule has 11 heteroatoms. The van der Waals surface area contributed by atoms with Crippen molar-refractivity contribution >= 4 is 21.4 Å². The highest BCUT2D eigenvalue weighted by Crippen LogP contribution is 2.45. The fourth-order valence-electron chi connectivity index (χ4n) is 4.44. The molecule has 3 fully saturated rings. The molecule has 4 heterocycles. The van der Waals surface area contributed by atoms with Gasteiger partial charge in [0.05, 0.1) is 4.90 Å². The molecule has 6 nitrogen and oxygen atoms in total. The van der Waals surface area contributed by atoms with Crippen LogP contribution >= 0.6 is 11.6 Å². The minimum absolute atomic E-state index is 0.395. The summed E-state index contributed by atoms with van der Waals surface area (Å²) in [7, 11) is -4.26. The number of rotatable bonds is 4. The molecule has 4 rings (SSSR count). The Morgan fingerprint density at radius 1 is 1.29 bits per heavy atom. The largest absolute Gasteiger partial charge is 0.434 e. The molecular formula is C17H21ClF3N3O3S. The van der Waals surface area contributed by atoms with Crippen LogP contribution < -0.4 is 5.32 Å². The average molecular weight is 440 g/mol. The highest BCUT2D eigenvalue weighted by Gasteiger charge is 2.61. The number of halogens is 4. The zero-order valence-corrected chi connectivity index (χ0v) is 16.6. The van der Waals surface area contributed by atoms with Crippen molar-refractivity contribution in [3.63, 3.8) is 0 Å². The molecule has 1 aromatic rings. The third kappa shape index (κ3) is 3.54. The van der Waals surface area contributed by atoms with Crippen molar-refractivity contribution in [3.05, 3.63) is 23.0 Å². The van der Waals surface area contributed by atoms with Crippen molar-refractivity contribution in [2.45, 2.75) is 29.3 Å². The van der Waals surface area contributed by atoms with Gasteiger partial charge in [0.15, 0.2) is 15.5 Å². The van der Waals surface area contributed by atoms with Crippen LogP contribution in [0.1, 0.15) is 18.5 Å². The quantitative estimate of drug-likeness (QED) is 0.725. The third-order valence-corrected chi connectivity index (χ3v) is 8.28. The van der Waals surface area contributed by atoms with Gasteiger partial charge in [0, 0.05) is 44.8 Å². The SMILES string of the molecule is O=S(=O)(c1ccc(Cl)nc1C(F)(F)F)C1NCC12CN(CC1CCOCC1)C2. The Labute approximate surface area is 166 Å². The Morgan fingerprint density at radius 3 is 2.54 bits per heavy atom. The highest BCUT2D eigenvalue weighted by molar-refractivity contribution is 7.92. The molecule has 3 aliphatic heterocycles. The van der Waals surface area contributed by atoms with Gasteiger partial charge in [-0.25, -0.2) is 13.4 Å². The van der Waals surface area contributed by atoms with Crippen LogP contribution in [0.4, 0.5) is 13.2 Å². The molecule has 0 radical (unpaired) electrons. The average Bonchev–Trinajstić information content (AvgIpc) is 2.56. The van der Waals surface area contributed by atoms with E-state index in [1.165, 1.54) is 0 Å². The van der Waals surface area contributed by atoms with Crippen molar-refractivity contribution in [2.75, 3.05) is 39.4 Å². The molecular weight excluding hydrogens is 419 g/mol. The van der Waals surface area contributed by atoms with E-state index in [0.717, 1.165) is 44.7 Å². The molecule has 0 amide bonds. The molecule has 28 heavy (non-hydrogen) atoms. The molecule has 156 valence electrons. The van der Waals surface area contributed by atoms with Gasteiger partial charge in [0.2, 0.25) is 0 Å². The van der Waals surface area contributed by atoms with Gasteiger partial charge in [-0.15, -0.1) is 0 Å². The van der Waals surface area contributed by atoms with Gasteiger partial charge in [-0.2, -0.15) is 13.2 Å². The first-order valence-corrected chi connectivity index (χ1v) is 11.1. The van der Waals surface area contributed by atoms with E-state index in [9.17, 15) is 21.6 Å². The number of alkyl halides is 3. The van der Waals surface area contributed by atoms with Crippen LogP contribution in [-0.4, -0.2) is 63.1 Å². The molecule has 0 aliphatic carbocycles. The van der Waals surface area contributed by atoms with E-state index in [-0.39, 0.29) is 0 Å². The maximum Gasteiger partial charge on any atom is 0.434 e. The Kier molecular flexibility index (Phi) is 5.15. The van der Waals surface area contributed by atoms with Gasteiger partial charge in [0.1, 0.15) is 10.5 Å². The van der Waals surface area contributed by atoms with Crippen LogP contribution in [-0.2, 0) is 20.8 Å². The lowest BCUT2D eigenvalue weighted by Gasteiger charge is -2.60. The minimum atomic E-state index is -4.90. The second-order valence-corrected chi connectivity index (χ2v) is 10.3. The van der Waals surface area contributed by atoms with Crippen molar-refractivity contribution in [1.82, 2.24) is 15.2 Å². The van der Waals surface area contributed by atoms with Gasteiger partial charge in [-0.3, -0.25) is 5.32 Å². The van der Waals surface area contributed by atoms with E-state index in [1.807, 2.05) is 0 Å². The molecule has 1 spiro atoms. The summed E-state index contributed by atoms with van der Waals surface area (Å²) in [5.41, 5.74) is -2.01. The number of ether oxygens (including phenoxy) is 1. The fraction of sp³-hybridized carbons (Fsp3) is 0.706. The lowest BCUT2D eigenvalue weighted by atomic mass is 9.73. The number of nitrogens with zero attached hydrogens (tertiary/aromatic N) is 2. The van der Waals surface area contributed by atoms with Gasteiger partial charge in [-0.1, -0.05) is 11.6 Å². The highest BCUT2D eigenvalue weighted by atomic mass is 35.5. The normalized spacial score (nSPS) is 26.1. The second kappa shape index (κ2) is 7.09. The summed E-state index contributed by atoms with van der Waals surface area (Å²) in [6, 6.07) is 1.98. The van der Waals surface area contributed by atoms with Gasteiger partial charge < -0.3 is 9.64 Å². The van der Waals surface area contributed by atoms with E-state index >= 15 is 0 Å². The summed E-state index contributed by atoms with van der Waals surface area (Å²) in [5, 5.41) is 1.39. The first-order valence-electron chi connectivity index (χ1n) is 9.13. The van der Waals surface area contributed by atoms with E-state index < -0.39 is 42.5 Å². The topological polar surface area (TPSA) is 71.5 Å². The molecule has 1 atom stereocenters. The van der Waals surface area contributed by atoms with Crippen LogP contribution in [0.15, 0.2) is 17.0 Å². The van der Waals surface area contributed by atoms with Crippen LogP contribution in [0.25, 0.3) is 0 Å². The number of sulfone groups is 1. The lowest BCUT2D eigenvalue weighted by molar-refractivity contribution is -0.143. The van der Waals surface area contributed by atoms with E-state index in [1.54, 1.807) is 0 Å². The summed E-state index contributed by atoms with van der Waals surface area (Å²) < 4.78 is 71.4. The lowest BCUT2D eigenvalue weighted by Crippen LogP contribution is -2.78. The Morgan fingerprint density at radius 2 is 1.96 bits per heavy atom. The van der Waals surface area contributed by atoms with Gasteiger partial charge in [0.25, 0.3) is 0 Å². The predicted octanol–water partition coefficient (Wildman–Crippen LogP) is 2.19. The molecule has 0 saturated carbocycles. The van der Waals surface area contributed by atoms with E-state index in [4.69, 9.17) is 16.3 Å². The molecule has 3 saturated heterocycles. The zero-order valence-electron chi connectivity index (χ0n) is 15.0. The van der Waals surface area contributed by atoms with Gasteiger partial charge >= 0.3 is 6.18 Å². The summed E-state index contributed by atoms with van der Waals surface area (Å²) in [6.07, 6.45) is -2.94. The number of likely N-dealkylation sites (tertiary alicyclic amines) is 1. The maximum atomic E-state index is 13.3. The van der Waals surface area contributed by atoms with Crippen molar-refractivity contribution in [1.29, 1.82) is 0 Å². The van der Waals surface area contributed by atoms with Crippen LogP contribution in [0, 0.1) is 11.3 Å². The minimum Gasteiger partial charge on any atom is -0.381 e. The molecule has 1 aromatic heterocycles. The Hall–Kier alpha value is -0.940. The number of pyridine rings is 1. The predicted molar refractivity (Wildman–Crippen MR) is 95.6 cm³/mol. The first kappa shape index (κ1) is 20.3. The van der Waals surface area contributed by atoms with E-state index in [0.29, 0.717) is 25.6 Å². The summed E-state index contributed by atoms with van der Waals surface area (Å²) in [5.74, 6) is 0.520. The summed E-state index contributed by atoms with van der Waals surface area (Å²) in [6.45, 7) is 3.95.